The zero-order valence-corrected chi connectivity index (χ0v) is 16.1. The molecule has 2 fully saturated rings. The van der Waals surface area contributed by atoms with Crippen molar-refractivity contribution in [2.24, 2.45) is 4.99 Å². The summed E-state index contributed by atoms with van der Waals surface area (Å²) in [6.07, 6.45) is 8.66. The van der Waals surface area contributed by atoms with E-state index in [1.165, 1.54) is 38.2 Å². The number of halogens is 2. The molecule has 5 heteroatoms. The van der Waals surface area contributed by atoms with E-state index in [0.29, 0.717) is 6.04 Å². The smallest absolute Gasteiger partial charge is 0.191 e. The Labute approximate surface area is 155 Å². The highest BCUT2D eigenvalue weighted by atomic mass is 127. The van der Waals surface area contributed by atoms with E-state index in [-0.39, 0.29) is 35.2 Å². The van der Waals surface area contributed by atoms with Gasteiger partial charge < -0.3 is 10.6 Å². The van der Waals surface area contributed by atoms with Gasteiger partial charge >= 0.3 is 0 Å². The first kappa shape index (κ1) is 18.5. The molecule has 1 aromatic rings. The van der Waals surface area contributed by atoms with Crippen molar-refractivity contribution in [3.8, 4) is 0 Å². The van der Waals surface area contributed by atoms with Crippen LogP contribution in [0.2, 0.25) is 0 Å². The third-order valence-corrected chi connectivity index (χ3v) is 5.05. The molecule has 2 saturated carbocycles. The molecule has 3 nitrogen and oxygen atoms in total. The molecule has 0 heterocycles. The lowest BCUT2D eigenvalue weighted by atomic mass is 9.95. The molecule has 0 bridgehead atoms. The first-order valence-corrected chi connectivity index (χ1v) is 8.45. The zero-order valence-electron chi connectivity index (χ0n) is 13.8. The Balaban J connectivity index is 0.00000192. The first-order valence-electron chi connectivity index (χ1n) is 8.45. The van der Waals surface area contributed by atoms with E-state index in [2.05, 4.69) is 15.6 Å². The Morgan fingerprint density at radius 2 is 2.00 bits per heavy atom. The number of nitrogens with zero attached hydrogens (tertiary/aromatic N) is 1. The summed E-state index contributed by atoms with van der Waals surface area (Å²) in [7, 11) is 1.82. The molecule has 2 aliphatic carbocycles. The van der Waals surface area contributed by atoms with Crippen molar-refractivity contribution in [3.63, 3.8) is 0 Å². The minimum Gasteiger partial charge on any atom is -0.356 e. The third-order valence-electron chi connectivity index (χ3n) is 5.05. The molecule has 23 heavy (non-hydrogen) atoms. The molecule has 0 spiro atoms. The Morgan fingerprint density at radius 3 is 2.61 bits per heavy atom. The fraction of sp³-hybridized carbons (Fsp3) is 0.611. The van der Waals surface area contributed by atoms with Gasteiger partial charge in [-0.1, -0.05) is 31.4 Å². The number of guanidine groups is 1. The van der Waals surface area contributed by atoms with Crippen LogP contribution in [0.25, 0.3) is 0 Å². The SMILES string of the molecule is CN=C(NCC1(c2cccc(F)c2)CC1)NC1CCCCC1.I. The second-order valence-electron chi connectivity index (χ2n) is 6.70. The maximum absolute atomic E-state index is 13.4. The molecular weight excluding hydrogens is 404 g/mol. The minimum absolute atomic E-state index is 0. The Kier molecular flexibility index (Phi) is 6.68. The van der Waals surface area contributed by atoms with Crippen molar-refractivity contribution in [1.29, 1.82) is 0 Å². The lowest BCUT2D eigenvalue weighted by molar-refractivity contribution is 0.409. The van der Waals surface area contributed by atoms with Gasteiger partial charge in [0.25, 0.3) is 0 Å². The molecule has 0 unspecified atom stereocenters. The van der Waals surface area contributed by atoms with Gasteiger partial charge in [-0.05, 0) is 43.4 Å². The number of nitrogens with one attached hydrogen (secondary N) is 2. The number of aliphatic imine (C=N–C) groups is 1. The van der Waals surface area contributed by atoms with E-state index in [1.54, 1.807) is 12.1 Å². The maximum Gasteiger partial charge on any atom is 0.191 e. The quantitative estimate of drug-likeness (QED) is 0.430. The molecule has 0 atom stereocenters. The van der Waals surface area contributed by atoms with Crippen LogP contribution >= 0.6 is 24.0 Å². The first-order chi connectivity index (χ1) is 10.7. The monoisotopic (exact) mass is 431 g/mol. The van der Waals surface area contributed by atoms with E-state index in [1.807, 2.05) is 13.1 Å². The van der Waals surface area contributed by atoms with Crippen LogP contribution in [0.3, 0.4) is 0 Å². The molecule has 3 rings (SSSR count). The summed E-state index contributed by atoms with van der Waals surface area (Å²) in [5, 5.41) is 6.99. The van der Waals surface area contributed by atoms with Crippen LogP contribution in [-0.4, -0.2) is 25.6 Å². The van der Waals surface area contributed by atoms with Crippen LogP contribution in [-0.2, 0) is 5.41 Å². The lowest BCUT2D eigenvalue weighted by Gasteiger charge is -2.26. The van der Waals surface area contributed by atoms with Crippen molar-refractivity contribution in [2.75, 3.05) is 13.6 Å². The van der Waals surface area contributed by atoms with Gasteiger partial charge in [0.1, 0.15) is 5.82 Å². The van der Waals surface area contributed by atoms with Crippen LogP contribution < -0.4 is 10.6 Å². The minimum atomic E-state index is -0.145. The lowest BCUT2D eigenvalue weighted by Crippen LogP contribution is -2.46. The summed E-state index contributed by atoms with van der Waals surface area (Å²) >= 11 is 0. The van der Waals surface area contributed by atoms with E-state index in [0.717, 1.165) is 30.9 Å². The highest BCUT2D eigenvalue weighted by molar-refractivity contribution is 14.0. The van der Waals surface area contributed by atoms with E-state index in [4.69, 9.17) is 0 Å². The van der Waals surface area contributed by atoms with Crippen LogP contribution in [0.4, 0.5) is 4.39 Å². The second kappa shape index (κ2) is 8.31. The molecule has 2 aliphatic rings. The largest absolute Gasteiger partial charge is 0.356 e. The summed E-state index contributed by atoms with van der Waals surface area (Å²) in [4.78, 5) is 4.34. The molecule has 2 N–H and O–H groups in total. The van der Waals surface area contributed by atoms with Crippen LogP contribution in [0, 0.1) is 5.82 Å². The molecule has 128 valence electrons. The van der Waals surface area contributed by atoms with Gasteiger partial charge in [-0.3, -0.25) is 4.99 Å². The van der Waals surface area contributed by atoms with Crippen LogP contribution in [0.5, 0.6) is 0 Å². The fourth-order valence-corrected chi connectivity index (χ4v) is 3.42. The van der Waals surface area contributed by atoms with Gasteiger partial charge in [0.2, 0.25) is 0 Å². The molecule has 0 aliphatic heterocycles. The Hall–Kier alpha value is -0.850. The summed E-state index contributed by atoms with van der Waals surface area (Å²) in [5.74, 6) is 0.739. The molecule has 1 aromatic carbocycles. The van der Waals surface area contributed by atoms with Crippen molar-refractivity contribution < 1.29 is 4.39 Å². The summed E-state index contributed by atoms with van der Waals surface area (Å²) in [6.45, 7) is 0.822. The Bertz CT molecular complexity index is 537. The highest BCUT2D eigenvalue weighted by Crippen LogP contribution is 2.47. The average molecular weight is 431 g/mol. The second-order valence-corrected chi connectivity index (χ2v) is 6.70. The number of hydrogen-bond donors (Lipinski definition) is 2. The normalized spacial score (nSPS) is 20.5. The molecule has 0 radical (unpaired) electrons. The van der Waals surface area contributed by atoms with Gasteiger partial charge in [-0.25, -0.2) is 4.39 Å². The fourth-order valence-electron chi connectivity index (χ4n) is 3.42. The van der Waals surface area contributed by atoms with Crippen molar-refractivity contribution >= 4 is 29.9 Å². The van der Waals surface area contributed by atoms with Gasteiger partial charge in [0, 0.05) is 25.0 Å². The number of benzene rings is 1. The van der Waals surface area contributed by atoms with Crippen molar-refractivity contribution in [1.82, 2.24) is 10.6 Å². The summed E-state index contributed by atoms with van der Waals surface area (Å²) in [6, 6.07) is 7.57. The van der Waals surface area contributed by atoms with E-state index in [9.17, 15) is 4.39 Å². The summed E-state index contributed by atoms with van der Waals surface area (Å²) in [5.41, 5.74) is 1.19. The third kappa shape index (κ3) is 4.81. The summed E-state index contributed by atoms with van der Waals surface area (Å²) < 4.78 is 13.4. The van der Waals surface area contributed by atoms with E-state index < -0.39 is 0 Å². The number of rotatable bonds is 4. The zero-order chi connectivity index (χ0) is 15.4. The molecule has 0 aromatic heterocycles. The highest BCUT2D eigenvalue weighted by Gasteiger charge is 2.44. The van der Waals surface area contributed by atoms with Crippen molar-refractivity contribution in [3.05, 3.63) is 35.6 Å². The predicted octanol–water partition coefficient (Wildman–Crippen LogP) is 3.97. The predicted molar refractivity (Wildman–Crippen MR) is 104 cm³/mol. The standard InChI is InChI=1S/C18H26FN3.HI/c1-20-17(22-16-8-3-2-4-9-16)21-13-18(10-11-18)14-6-5-7-15(19)12-14;/h5-7,12,16H,2-4,8-11,13H2,1H3,(H2,20,21,22);1H. The van der Waals surface area contributed by atoms with Crippen LogP contribution in [0.15, 0.2) is 29.3 Å². The van der Waals surface area contributed by atoms with Crippen molar-refractivity contribution in [2.45, 2.75) is 56.4 Å². The average Bonchev–Trinajstić information content (AvgIpc) is 3.34. The number of hydrogen-bond acceptors (Lipinski definition) is 1. The molecule has 0 amide bonds. The topological polar surface area (TPSA) is 36.4 Å². The molecular formula is C18H27FIN3. The van der Waals surface area contributed by atoms with Gasteiger partial charge in [0.05, 0.1) is 0 Å². The van der Waals surface area contributed by atoms with Gasteiger partial charge in [-0.15, -0.1) is 24.0 Å². The Morgan fingerprint density at radius 1 is 1.26 bits per heavy atom. The van der Waals surface area contributed by atoms with Crippen LogP contribution in [0.1, 0.15) is 50.5 Å². The molecule has 0 saturated heterocycles. The van der Waals surface area contributed by atoms with Gasteiger partial charge in [-0.2, -0.15) is 0 Å². The maximum atomic E-state index is 13.4. The van der Waals surface area contributed by atoms with Gasteiger partial charge in [0.15, 0.2) is 5.96 Å². The van der Waals surface area contributed by atoms with E-state index >= 15 is 0 Å².